The Hall–Kier alpha value is -0.830. The number of hydrogen-bond acceptors (Lipinski definition) is 2. The first-order chi connectivity index (χ1) is 8.09. The molecular formula is C14H24N2O. The zero-order valence-corrected chi connectivity index (χ0v) is 11.1. The van der Waals surface area contributed by atoms with Crippen molar-refractivity contribution < 1.29 is 5.11 Å². The molecule has 1 aromatic rings. The number of nitrogens with zero attached hydrogens (tertiary/aromatic N) is 2. The minimum absolute atomic E-state index is 0.337. The van der Waals surface area contributed by atoms with Crippen LogP contribution in [-0.2, 0) is 7.05 Å². The first-order valence-corrected chi connectivity index (χ1v) is 6.75. The predicted octanol–water partition coefficient (Wildman–Crippen LogP) is 2.92. The van der Waals surface area contributed by atoms with Crippen LogP contribution >= 0.6 is 0 Å². The van der Waals surface area contributed by atoms with Gasteiger partial charge in [-0.3, -0.25) is 4.68 Å². The molecule has 1 atom stereocenters. The van der Waals surface area contributed by atoms with Crippen molar-refractivity contribution in [3.8, 4) is 0 Å². The lowest BCUT2D eigenvalue weighted by Crippen LogP contribution is -2.24. The minimum atomic E-state index is -0.337. The summed E-state index contributed by atoms with van der Waals surface area (Å²) >= 11 is 0. The molecule has 0 aromatic carbocycles. The highest BCUT2D eigenvalue weighted by Crippen LogP contribution is 2.39. The predicted molar refractivity (Wildman–Crippen MR) is 68.5 cm³/mol. The molecule has 0 radical (unpaired) electrons. The molecule has 1 fully saturated rings. The van der Waals surface area contributed by atoms with Gasteiger partial charge in [0.05, 0.1) is 11.8 Å². The van der Waals surface area contributed by atoms with E-state index >= 15 is 0 Å². The van der Waals surface area contributed by atoms with E-state index in [1.54, 1.807) is 10.9 Å². The number of hydrogen-bond donors (Lipinski definition) is 1. The summed E-state index contributed by atoms with van der Waals surface area (Å²) in [5.41, 5.74) is 0.956. The number of aliphatic hydroxyl groups excluding tert-OH is 1. The van der Waals surface area contributed by atoms with E-state index in [-0.39, 0.29) is 6.10 Å². The molecule has 1 N–H and O–H groups in total. The van der Waals surface area contributed by atoms with Gasteiger partial charge in [0.15, 0.2) is 0 Å². The quantitative estimate of drug-likeness (QED) is 0.876. The molecule has 0 unspecified atom stereocenters. The fraction of sp³-hybridized carbons (Fsp3) is 0.786. The molecule has 0 bridgehead atoms. The summed E-state index contributed by atoms with van der Waals surface area (Å²) in [6.45, 7) is 4.62. The number of aryl methyl sites for hydroxylation is 1. The summed E-state index contributed by atoms with van der Waals surface area (Å²) in [7, 11) is 1.90. The molecular weight excluding hydrogens is 212 g/mol. The summed E-state index contributed by atoms with van der Waals surface area (Å²) in [5, 5.41) is 14.5. The lowest BCUT2D eigenvalue weighted by molar-refractivity contribution is 0.0608. The van der Waals surface area contributed by atoms with Crippen LogP contribution in [0.4, 0.5) is 0 Å². The van der Waals surface area contributed by atoms with Crippen LogP contribution < -0.4 is 0 Å². The molecule has 3 nitrogen and oxygen atoms in total. The van der Waals surface area contributed by atoms with Gasteiger partial charge in [-0.1, -0.05) is 13.8 Å². The summed E-state index contributed by atoms with van der Waals surface area (Å²) in [4.78, 5) is 0. The second-order valence-corrected chi connectivity index (χ2v) is 5.74. The van der Waals surface area contributed by atoms with Crippen molar-refractivity contribution >= 4 is 0 Å². The maximum Gasteiger partial charge on any atom is 0.0984 e. The zero-order chi connectivity index (χ0) is 12.4. The lowest BCUT2D eigenvalue weighted by atomic mass is 9.75. The van der Waals surface area contributed by atoms with Crippen LogP contribution in [0.5, 0.6) is 0 Å². The molecule has 0 spiro atoms. The topological polar surface area (TPSA) is 38.1 Å². The number of rotatable bonds is 3. The van der Waals surface area contributed by atoms with Gasteiger partial charge in [-0.15, -0.1) is 0 Å². The summed E-state index contributed by atoms with van der Waals surface area (Å²) in [6.07, 6.45) is 6.24. The van der Waals surface area contributed by atoms with Gasteiger partial charge in [0.1, 0.15) is 0 Å². The fourth-order valence-corrected chi connectivity index (χ4v) is 3.04. The van der Waals surface area contributed by atoms with Gasteiger partial charge >= 0.3 is 0 Å². The second-order valence-electron chi connectivity index (χ2n) is 5.74. The highest BCUT2D eigenvalue weighted by molar-refractivity contribution is 5.05. The van der Waals surface area contributed by atoms with E-state index < -0.39 is 0 Å². The van der Waals surface area contributed by atoms with Crippen molar-refractivity contribution in [2.24, 2.45) is 24.8 Å². The Kier molecular flexibility index (Phi) is 3.87. The molecule has 0 aliphatic heterocycles. The van der Waals surface area contributed by atoms with Crippen molar-refractivity contribution in [3.63, 3.8) is 0 Å². The van der Waals surface area contributed by atoms with Crippen LogP contribution in [0, 0.1) is 17.8 Å². The van der Waals surface area contributed by atoms with Crippen LogP contribution in [0.25, 0.3) is 0 Å². The normalized spacial score (nSPS) is 27.4. The Bertz CT molecular complexity index is 351. The average Bonchev–Trinajstić information content (AvgIpc) is 2.74. The summed E-state index contributed by atoms with van der Waals surface area (Å²) in [6, 6.07) is 1.93. The molecule has 96 valence electrons. The molecule has 1 saturated carbocycles. The molecule has 1 heterocycles. The Morgan fingerprint density at radius 2 is 1.82 bits per heavy atom. The average molecular weight is 236 g/mol. The maximum atomic E-state index is 10.4. The van der Waals surface area contributed by atoms with E-state index in [0.717, 1.165) is 30.4 Å². The van der Waals surface area contributed by atoms with Gasteiger partial charge in [-0.2, -0.15) is 5.10 Å². The van der Waals surface area contributed by atoms with Crippen molar-refractivity contribution in [3.05, 3.63) is 18.0 Å². The van der Waals surface area contributed by atoms with Crippen molar-refractivity contribution in [1.82, 2.24) is 9.78 Å². The van der Waals surface area contributed by atoms with Crippen LogP contribution in [0.2, 0.25) is 0 Å². The van der Waals surface area contributed by atoms with E-state index in [1.807, 2.05) is 13.1 Å². The fourth-order valence-electron chi connectivity index (χ4n) is 3.04. The van der Waals surface area contributed by atoms with Crippen LogP contribution in [-0.4, -0.2) is 14.9 Å². The molecule has 3 heteroatoms. The van der Waals surface area contributed by atoms with Gasteiger partial charge in [-0.25, -0.2) is 0 Å². The molecule has 1 aliphatic carbocycles. The number of aliphatic hydroxyl groups is 1. The van der Waals surface area contributed by atoms with E-state index in [0.29, 0.717) is 5.92 Å². The third kappa shape index (κ3) is 2.71. The number of aromatic nitrogens is 2. The molecule has 1 aromatic heterocycles. The standard InChI is InChI=1S/C14H24N2O/c1-10(2)11-4-6-12(7-5-11)14(17)13-8-9-15-16(13)3/h8-12,14,17H,4-7H2,1-3H3/t11?,12?,14-/m0/s1. The largest absolute Gasteiger partial charge is 0.387 e. The lowest BCUT2D eigenvalue weighted by Gasteiger charge is -2.33. The van der Waals surface area contributed by atoms with E-state index in [2.05, 4.69) is 18.9 Å². The molecule has 2 rings (SSSR count). The van der Waals surface area contributed by atoms with Crippen LogP contribution in [0.1, 0.15) is 51.3 Å². The molecule has 0 amide bonds. The Balaban J connectivity index is 1.95. The van der Waals surface area contributed by atoms with Gasteiger partial charge in [0.25, 0.3) is 0 Å². The first-order valence-electron chi connectivity index (χ1n) is 6.75. The third-order valence-corrected chi connectivity index (χ3v) is 4.37. The minimum Gasteiger partial charge on any atom is -0.387 e. The summed E-state index contributed by atoms with van der Waals surface area (Å²) < 4.78 is 1.79. The van der Waals surface area contributed by atoms with Gasteiger partial charge in [-0.05, 0) is 49.5 Å². The SMILES string of the molecule is CC(C)C1CCC([C@H](O)c2ccnn2C)CC1. The van der Waals surface area contributed by atoms with Gasteiger partial charge in [0.2, 0.25) is 0 Å². The maximum absolute atomic E-state index is 10.4. The van der Waals surface area contributed by atoms with Crippen molar-refractivity contribution in [2.75, 3.05) is 0 Å². The van der Waals surface area contributed by atoms with E-state index in [4.69, 9.17) is 0 Å². The van der Waals surface area contributed by atoms with E-state index in [9.17, 15) is 5.11 Å². The summed E-state index contributed by atoms with van der Waals surface area (Å²) in [5.74, 6) is 2.05. The van der Waals surface area contributed by atoms with Crippen molar-refractivity contribution in [1.29, 1.82) is 0 Å². The van der Waals surface area contributed by atoms with Crippen molar-refractivity contribution in [2.45, 2.75) is 45.6 Å². The third-order valence-electron chi connectivity index (χ3n) is 4.37. The Morgan fingerprint density at radius 3 is 2.29 bits per heavy atom. The highest BCUT2D eigenvalue weighted by atomic mass is 16.3. The zero-order valence-electron chi connectivity index (χ0n) is 11.1. The Labute approximate surface area is 104 Å². The van der Waals surface area contributed by atoms with Crippen LogP contribution in [0.3, 0.4) is 0 Å². The van der Waals surface area contributed by atoms with Crippen LogP contribution in [0.15, 0.2) is 12.3 Å². The monoisotopic (exact) mass is 236 g/mol. The second kappa shape index (κ2) is 5.21. The Morgan fingerprint density at radius 1 is 1.24 bits per heavy atom. The van der Waals surface area contributed by atoms with E-state index in [1.165, 1.54) is 12.8 Å². The molecule has 17 heavy (non-hydrogen) atoms. The first kappa shape index (κ1) is 12.6. The smallest absolute Gasteiger partial charge is 0.0984 e. The molecule has 0 saturated heterocycles. The van der Waals surface area contributed by atoms with Gasteiger partial charge in [0, 0.05) is 13.2 Å². The molecule has 1 aliphatic rings. The van der Waals surface area contributed by atoms with Gasteiger partial charge < -0.3 is 5.11 Å². The highest BCUT2D eigenvalue weighted by Gasteiger charge is 2.29.